The van der Waals surface area contributed by atoms with Crippen molar-refractivity contribution in [1.29, 1.82) is 0 Å². The van der Waals surface area contributed by atoms with Gasteiger partial charge in [-0.25, -0.2) is 9.18 Å². The summed E-state index contributed by atoms with van der Waals surface area (Å²) in [5.41, 5.74) is 7.42. The Kier molecular flexibility index (Phi) is 5.81. The third-order valence-electron chi connectivity index (χ3n) is 4.93. The monoisotopic (exact) mass is 398 g/mol. The summed E-state index contributed by atoms with van der Waals surface area (Å²) in [5.74, 6) is -1.57. The molecule has 2 aromatic carbocycles. The minimum absolute atomic E-state index is 0.0351. The maximum Gasteiger partial charge on any atom is 0.316 e. The highest BCUT2D eigenvalue weighted by Crippen LogP contribution is 2.28. The number of amides is 4. The molecule has 0 spiro atoms. The number of anilines is 2. The lowest BCUT2D eigenvalue weighted by Gasteiger charge is -2.19. The van der Waals surface area contributed by atoms with Gasteiger partial charge in [0.1, 0.15) is 5.82 Å². The van der Waals surface area contributed by atoms with E-state index in [9.17, 15) is 18.8 Å². The first-order valence-electron chi connectivity index (χ1n) is 9.28. The maximum atomic E-state index is 14.2. The molecule has 0 aromatic heterocycles. The predicted molar refractivity (Wildman–Crippen MR) is 108 cm³/mol. The summed E-state index contributed by atoms with van der Waals surface area (Å²) in [6, 6.07) is 10.6. The van der Waals surface area contributed by atoms with Gasteiger partial charge in [-0.15, -0.1) is 0 Å². The van der Waals surface area contributed by atoms with Gasteiger partial charge in [0.2, 0.25) is 11.8 Å². The van der Waals surface area contributed by atoms with Gasteiger partial charge in [-0.3, -0.25) is 9.59 Å². The number of carbonyl (C=O) groups is 3. The number of hydrogen-bond acceptors (Lipinski definition) is 3. The smallest absolute Gasteiger partial charge is 0.316 e. The van der Waals surface area contributed by atoms with Gasteiger partial charge in [0, 0.05) is 18.7 Å². The highest BCUT2D eigenvalue weighted by Gasteiger charge is 2.36. The molecule has 8 heteroatoms. The number of primary amides is 1. The van der Waals surface area contributed by atoms with Crippen LogP contribution in [0.5, 0.6) is 0 Å². The van der Waals surface area contributed by atoms with Crippen molar-refractivity contribution in [3.63, 3.8) is 0 Å². The van der Waals surface area contributed by atoms with Crippen molar-refractivity contribution in [3.8, 4) is 0 Å². The molecule has 0 aliphatic carbocycles. The van der Waals surface area contributed by atoms with Crippen molar-refractivity contribution >= 4 is 29.2 Å². The molecule has 0 saturated carbocycles. The van der Waals surface area contributed by atoms with Crippen LogP contribution in [0.2, 0.25) is 0 Å². The Hall–Kier alpha value is -3.42. The fourth-order valence-corrected chi connectivity index (χ4v) is 3.36. The molecule has 29 heavy (non-hydrogen) atoms. The number of rotatable bonds is 5. The molecule has 1 aliphatic rings. The second-order valence-electron chi connectivity index (χ2n) is 7.20. The average molecular weight is 398 g/mol. The van der Waals surface area contributed by atoms with E-state index in [1.54, 1.807) is 43.3 Å². The van der Waals surface area contributed by atoms with Crippen LogP contribution in [0, 0.1) is 18.7 Å². The molecular weight excluding hydrogens is 375 g/mol. The topological polar surface area (TPSA) is 105 Å². The zero-order valence-electron chi connectivity index (χ0n) is 16.2. The first-order valence-corrected chi connectivity index (χ1v) is 9.28. The summed E-state index contributed by atoms with van der Waals surface area (Å²) in [6.07, 6.45) is 0.0351. The van der Waals surface area contributed by atoms with Crippen LogP contribution < -0.4 is 21.3 Å². The maximum absolute atomic E-state index is 14.2. The van der Waals surface area contributed by atoms with Crippen LogP contribution in [-0.4, -0.2) is 24.4 Å². The zero-order chi connectivity index (χ0) is 21.1. The minimum atomic E-state index is -0.653. The number of nitrogens with zero attached hydrogens (tertiary/aromatic N) is 1. The second-order valence-corrected chi connectivity index (χ2v) is 7.20. The number of nitrogens with two attached hydrogens (primary N) is 1. The van der Waals surface area contributed by atoms with Gasteiger partial charge in [-0.05, 0) is 49.2 Å². The van der Waals surface area contributed by atoms with Gasteiger partial charge < -0.3 is 21.3 Å². The molecule has 152 valence electrons. The Labute approximate surface area is 168 Å². The average Bonchev–Trinajstić information content (AvgIpc) is 3.03. The first kappa shape index (κ1) is 20.3. The van der Waals surface area contributed by atoms with Crippen molar-refractivity contribution in [3.05, 3.63) is 59.4 Å². The standard InChI is InChI=1S/C21H23FN4O3/c1-12-3-8-18(17(22)9-12)26-11-15(10-19(26)27)20(28)24-13(2)14-4-6-16(7-5-14)25-21(23)29/h3-9,13,15H,10-11H2,1-2H3,(H,24,28)(H3,23,25,29). The van der Waals surface area contributed by atoms with Crippen molar-refractivity contribution in [1.82, 2.24) is 5.32 Å². The van der Waals surface area contributed by atoms with Crippen LogP contribution in [0.25, 0.3) is 0 Å². The molecule has 2 atom stereocenters. The summed E-state index contributed by atoms with van der Waals surface area (Å²) in [6.45, 7) is 3.73. The van der Waals surface area contributed by atoms with E-state index in [2.05, 4.69) is 10.6 Å². The molecule has 0 radical (unpaired) electrons. The first-order chi connectivity index (χ1) is 13.7. The largest absolute Gasteiger partial charge is 0.351 e. The third-order valence-corrected chi connectivity index (χ3v) is 4.93. The molecule has 1 aliphatic heterocycles. The Balaban J connectivity index is 1.63. The van der Waals surface area contributed by atoms with Crippen LogP contribution in [0.3, 0.4) is 0 Å². The number of nitrogens with one attached hydrogen (secondary N) is 2. The molecule has 0 bridgehead atoms. The molecule has 4 amide bonds. The Morgan fingerprint density at radius 3 is 2.52 bits per heavy atom. The molecule has 1 saturated heterocycles. The van der Waals surface area contributed by atoms with Crippen LogP contribution in [-0.2, 0) is 9.59 Å². The quantitative estimate of drug-likeness (QED) is 0.721. The van der Waals surface area contributed by atoms with Gasteiger partial charge in [-0.1, -0.05) is 18.2 Å². The van der Waals surface area contributed by atoms with Crippen LogP contribution in [0.4, 0.5) is 20.6 Å². The van der Waals surface area contributed by atoms with Crippen LogP contribution >= 0.6 is 0 Å². The lowest BCUT2D eigenvalue weighted by atomic mass is 10.0. The number of halogens is 1. The number of aryl methyl sites for hydroxylation is 1. The summed E-state index contributed by atoms with van der Waals surface area (Å²) in [4.78, 5) is 37.2. The lowest BCUT2D eigenvalue weighted by Crippen LogP contribution is -2.34. The fraction of sp³-hybridized carbons (Fsp3) is 0.286. The van der Waals surface area contributed by atoms with Gasteiger partial charge in [0.05, 0.1) is 17.6 Å². The minimum Gasteiger partial charge on any atom is -0.351 e. The zero-order valence-corrected chi connectivity index (χ0v) is 16.2. The molecule has 1 heterocycles. The Morgan fingerprint density at radius 2 is 1.90 bits per heavy atom. The van der Waals surface area contributed by atoms with Gasteiger partial charge in [0.25, 0.3) is 0 Å². The predicted octanol–water partition coefficient (Wildman–Crippen LogP) is 2.86. The van der Waals surface area contributed by atoms with Crippen molar-refractivity contribution in [2.45, 2.75) is 26.3 Å². The van der Waals surface area contributed by atoms with E-state index in [-0.39, 0.29) is 36.5 Å². The lowest BCUT2D eigenvalue weighted by molar-refractivity contribution is -0.126. The fourth-order valence-electron chi connectivity index (χ4n) is 3.36. The third kappa shape index (κ3) is 4.71. The highest BCUT2D eigenvalue weighted by molar-refractivity contribution is 6.00. The molecule has 4 N–H and O–H groups in total. The van der Waals surface area contributed by atoms with Crippen molar-refractivity contribution in [2.75, 3.05) is 16.8 Å². The van der Waals surface area contributed by atoms with Crippen molar-refractivity contribution < 1.29 is 18.8 Å². The number of carbonyl (C=O) groups excluding carboxylic acids is 3. The summed E-state index contributed by atoms with van der Waals surface area (Å²) in [7, 11) is 0. The Morgan fingerprint density at radius 1 is 1.21 bits per heavy atom. The summed E-state index contributed by atoms with van der Waals surface area (Å²) >= 11 is 0. The van der Waals surface area contributed by atoms with Crippen LogP contribution in [0.15, 0.2) is 42.5 Å². The van der Waals surface area contributed by atoms with E-state index in [4.69, 9.17) is 5.73 Å². The van der Waals surface area contributed by atoms with Gasteiger partial charge >= 0.3 is 6.03 Å². The molecular formula is C21H23FN4O3. The van der Waals surface area contributed by atoms with Crippen LogP contribution in [0.1, 0.15) is 30.5 Å². The molecule has 2 aromatic rings. The number of benzene rings is 2. The summed E-state index contributed by atoms with van der Waals surface area (Å²) < 4.78 is 14.2. The number of hydrogen-bond donors (Lipinski definition) is 3. The molecule has 7 nitrogen and oxygen atoms in total. The van der Waals surface area contributed by atoms with Gasteiger partial charge in [0.15, 0.2) is 0 Å². The summed E-state index contributed by atoms with van der Waals surface area (Å²) in [5, 5.41) is 5.36. The van der Waals surface area contributed by atoms with E-state index >= 15 is 0 Å². The van der Waals surface area contributed by atoms with E-state index in [0.29, 0.717) is 5.69 Å². The van der Waals surface area contributed by atoms with Gasteiger partial charge in [-0.2, -0.15) is 0 Å². The molecule has 1 fully saturated rings. The van der Waals surface area contributed by atoms with E-state index in [1.807, 2.05) is 6.92 Å². The highest BCUT2D eigenvalue weighted by atomic mass is 19.1. The van der Waals surface area contributed by atoms with Crippen molar-refractivity contribution in [2.24, 2.45) is 11.7 Å². The molecule has 2 unspecified atom stereocenters. The second kappa shape index (κ2) is 8.30. The molecule has 3 rings (SSSR count). The van der Waals surface area contributed by atoms with E-state index < -0.39 is 17.8 Å². The SMILES string of the molecule is Cc1ccc(N2CC(C(=O)NC(C)c3ccc(NC(N)=O)cc3)CC2=O)c(F)c1. The van der Waals surface area contributed by atoms with E-state index in [0.717, 1.165) is 11.1 Å². The van der Waals surface area contributed by atoms with E-state index in [1.165, 1.54) is 11.0 Å². The number of urea groups is 1. The Bertz CT molecular complexity index is 945. The normalized spacial score (nSPS) is 17.1.